The highest BCUT2D eigenvalue weighted by Crippen LogP contribution is 2.21. The minimum Gasteiger partial charge on any atom is -0.465 e. The zero-order valence-corrected chi connectivity index (χ0v) is 17.0. The van der Waals surface area contributed by atoms with Gasteiger partial charge in [-0.2, -0.15) is 0 Å². The van der Waals surface area contributed by atoms with Crippen molar-refractivity contribution in [3.63, 3.8) is 0 Å². The first-order valence-corrected chi connectivity index (χ1v) is 9.92. The van der Waals surface area contributed by atoms with E-state index in [1.54, 1.807) is 0 Å². The molecule has 0 bridgehead atoms. The van der Waals surface area contributed by atoms with E-state index in [2.05, 4.69) is 14.8 Å². The fourth-order valence-electron chi connectivity index (χ4n) is 2.16. The molecule has 2 aromatic carbocycles. The van der Waals surface area contributed by atoms with Gasteiger partial charge in [-0.3, -0.25) is 4.79 Å². The van der Waals surface area contributed by atoms with Gasteiger partial charge in [-0.05, 0) is 49.5 Å². The minimum atomic E-state index is -3.78. The Kier molecular flexibility index (Phi) is 7.32. The van der Waals surface area contributed by atoms with Gasteiger partial charge in [0.25, 0.3) is 5.91 Å². The van der Waals surface area contributed by atoms with Gasteiger partial charge in [0.05, 0.1) is 28.2 Å². The predicted molar refractivity (Wildman–Crippen MR) is 104 cm³/mol. The molecule has 0 fully saturated rings. The maximum atomic E-state index is 12.2. The van der Waals surface area contributed by atoms with Crippen molar-refractivity contribution in [3.8, 4) is 0 Å². The zero-order chi connectivity index (χ0) is 21.6. The molecule has 2 aromatic rings. The molecule has 1 amide bonds. The Bertz CT molecular complexity index is 1040. The molecule has 0 aliphatic rings. The number of hydrogen-bond acceptors (Lipinski definition) is 7. The molecule has 9 nitrogen and oxygen atoms in total. The van der Waals surface area contributed by atoms with E-state index in [1.165, 1.54) is 50.6 Å². The maximum Gasteiger partial charge on any atom is 0.340 e. The first-order chi connectivity index (χ1) is 13.7. The number of methoxy groups -OCH3 is 1. The van der Waals surface area contributed by atoms with Crippen LogP contribution in [-0.4, -0.2) is 47.0 Å². The summed E-state index contributed by atoms with van der Waals surface area (Å²) in [5, 5.41) is 2.46. The van der Waals surface area contributed by atoms with Gasteiger partial charge < -0.3 is 14.8 Å². The van der Waals surface area contributed by atoms with Gasteiger partial charge in [0.2, 0.25) is 10.0 Å². The smallest absolute Gasteiger partial charge is 0.340 e. The fraction of sp³-hybridized carbons (Fsp3) is 0.167. The van der Waals surface area contributed by atoms with Crippen LogP contribution in [0.1, 0.15) is 20.7 Å². The molecule has 0 saturated carbocycles. The molecule has 0 aromatic heterocycles. The molecule has 0 saturated heterocycles. The molecule has 154 valence electrons. The highest BCUT2D eigenvalue weighted by atomic mass is 35.5. The summed E-state index contributed by atoms with van der Waals surface area (Å²) >= 11 is 5.93. The van der Waals surface area contributed by atoms with Crippen molar-refractivity contribution < 1.29 is 32.3 Å². The van der Waals surface area contributed by atoms with Crippen LogP contribution in [0.5, 0.6) is 0 Å². The van der Waals surface area contributed by atoms with Crippen LogP contribution in [0.2, 0.25) is 5.02 Å². The third-order valence-corrected chi connectivity index (χ3v) is 5.40. The van der Waals surface area contributed by atoms with Crippen LogP contribution in [-0.2, 0) is 24.3 Å². The average molecular weight is 441 g/mol. The molecule has 0 aliphatic carbocycles. The Morgan fingerprint density at radius 2 is 1.69 bits per heavy atom. The first-order valence-electron chi connectivity index (χ1n) is 8.06. The van der Waals surface area contributed by atoms with Crippen molar-refractivity contribution in [2.75, 3.05) is 26.1 Å². The highest BCUT2D eigenvalue weighted by Gasteiger charge is 2.19. The van der Waals surface area contributed by atoms with Gasteiger partial charge >= 0.3 is 11.9 Å². The maximum absolute atomic E-state index is 12.2. The van der Waals surface area contributed by atoms with E-state index in [0.717, 1.165) is 6.07 Å². The summed E-state index contributed by atoms with van der Waals surface area (Å²) in [5.74, 6) is -2.12. The largest absolute Gasteiger partial charge is 0.465 e. The van der Waals surface area contributed by atoms with E-state index in [1.807, 2.05) is 0 Å². The number of nitrogens with one attached hydrogen (secondary N) is 2. The molecular formula is C18H17ClN2O7S. The van der Waals surface area contributed by atoms with Crippen LogP contribution < -0.4 is 10.0 Å². The number of rotatable bonds is 7. The Labute approximate surface area is 172 Å². The summed E-state index contributed by atoms with van der Waals surface area (Å²) in [4.78, 5) is 35.3. The lowest BCUT2D eigenvalue weighted by atomic mass is 10.2. The van der Waals surface area contributed by atoms with E-state index in [4.69, 9.17) is 16.3 Å². The van der Waals surface area contributed by atoms with E-state index in [-0.39, 0.29) is 15.5 Å². The molecule has 0 spiro atoms. The molecular weight excluding hydrogens is 424 g/mol. The molecule has 2 N–H and O–H groups in total. The SMILES string of the molecule is CNS(=O)(=O)c1ccc(Cl)c(C(=O)OCC(=O)Nc2ccc(C(=O)OC)cc2)c1. The van der Waals surface area contributed by atoms with E-state index < -0.39 is 34.5 Å². The van der Waals surface area contributed by atoms with Crippen LogP contribution in [0.25, 0.3) is 0 Å². The number of anilines is 1. The number of esters is 2. The normalized spacial score (nSPS) is 10.9. The third kappa shape index (κ3) is 5.76. The van der Waals surface area contributed by atoms with Gasteiger partial charge in [-0.15, -0.1) is 0 Å². The fourth-order valence-corrected chi connectivity index (χ4v) is 3.11. The summed E-state index contributed by atoms with van der Waals surface area (Å²) in [5.41, 5.74) is 0.486. The second kappa shape index (κ2) is 9.50. The Hall–Kier alpha value is -2.95. The average Bonchev–Trinajstić information content (AvgIpc) is 2.72. The zero-order valence-electron chi connectivity index (χ0n) is 15.4. The Balaban J connectivity index is 2.01. The molecule has 0 unspecified atom stereocenters. The Morgan fingerprint density at radius 3 is 2.28 bits per heavy atom. The number of carbonyl (C=O) groups excluding carboxylic acids is 3. The lowest BCUT2D eigenvalue weighted by Crippen LogP contribution is -2.22. The summed E-state index contributed by atoms with van der Waals surface area (Å²) < 4.78 is 35.3. The van der Waals surface area contributed by atoms with Crippen molar-refractivity contribution in [1.82, 2.24) is 4.72 Å². The third-order valence-electron chi connectivity index (χ3n) is 3.66. The lowest BCUT2D eigenvalue weighted by Gasteiger charge is -2.09. The van der Waals surface area contributed by atoms with Crippen LogP contribution in [0.4, 0.5) is 5.69 Å². The molecule has 0 heterocycles. The second-order valence-electron chi connectivity index (χ2n) is 5.54. The van der Waals surface area contributed by atoms with Gasteiger partial charge in [-0.1, -0.05) is 11.6 Å². The number of benzene rings is 2. The molecule has 0 atom stereocenters. The second-order valence-corrected chi connectivity index (χ2v) is 7.84. The van der Waals surface area contributed by atoms with Crippen LogP contribution >= 0.6 is 11.6 Å². The predicted octanol–water partition coefficient (Wildman–Crippen LogP) is 1.83. The molecule has 11 heteroatoms. The lowest BCUT2D eigenvalue weighted by molar-refractivity contribution is -0.119. The van der Waals surface area contributed by atoms with Gasteiger partial charge in [-0.25, -0.2) is 22.7 Å². The summed E-state index contributed by atoms with van der Waals surface area (Å²) in [6.07, 6.45) is 0. The minimum absolute atomic E-state index is 0.0242. The summed E-state index contributed by atoms with van der Waals surface area (Å²) in [6, 6.07) is 9.41. The van der Waals surface area contributed by atoms with Crippen molar-refractivity contribution in [1.29, 1.82) is 0 Å². The molecule has 0 aliphatic heterocycles. The van der Waals surface area contributed by atoms with Gasteiger partial charge in [0, 0.05) is 5.69 Å². The summed E-state index contributed by atoms with van der Waals surface area (Å²) in [6.45, 7) is -0.628. The van der Waals surface area contributed by atoms with Gasteiger partial charge in [0.1, 0.15) is 0 Å². The van der Waals surface area contributed by atoms with Crippen LogP contribution in [0, 0.1) is 0 Å². The van der Waals surface area contributed by atoms with Crippen molar-refractivity contribution in [3.05, 3.63) is 58.6 Å². The number of hydrogen-bond donors (Lipinski definition) is 2. The Morgan fingerprint density at radius 1 is 1.03 bits per heavy atom. The summed E-state index contributed by atoms with van der Waals surface area (Å²) in [7, 11) is -1.30. The number of sulfonamides is 1. The van der Waals surface area contributed by atoms with Crippen molar-refractivity contribution >= 4 is 45.2 Å². The van der Waals surface area contributed by atoms with E-state index in [9.17, 15) is 22.8 Å². The standard InChI is InChI=1S/C18H17ClN2O7S/c1-20-29(25,26)13-7-8-15(19)14(9-13)18(24)28-10-16(22)21-12-5-3-11(4-6-12)17(23)27-2/h3-9,20H,10H2,1-2H3,(H,21,22). The van der Waals surface area contributed by atoms with E-state index >= 15 is 0 Å². The van der Waals surface area contributed by atoms with Crippen LogP contribution in [0.15, 0.2) is 47.4 Å². The monoisotopic (exact) mass is 440 g/mol. The van der Waals surface area contributed by atoms with Crippen LogP contribution in [0.3, 0.4) is 0 Å². The number of carbonyl (C=O) groups is 3. The number of halogens is 1. The highest BCUT2D eigenvalue weighted by molar-refractivity contribution is 7.89. The van der Waals surface area contributed by atoms with Crippen molar-refractivity contribution in [2.24, 2.45) is 0 Å². The molecule has 29 heavy (non-hydrogen) atoms. The molecule has 0 radical (unpaired) electrons. The quantitative estimate of drug-likeness (QED) is 0.628. The number of ether oxygens (including phenoxy) is 2. The number of amides is 1. The topological polar surface area (TPSA) is 128 Å². The van der Waals surface area contributed by atoms with Crippen molar-refractivity contribution in [2.45, 2.75) is 4.90 Å². The molecule has 2 rings (SSSR count). The first kappa shape index (κ1) is 22.3. The van der Waals surface area contributed by atoms with Gasteiger partial charge in [0.15, 0.2) is 6.61 Å². The van der Waals surface area contributed by atoms with E-state index in [0.29, 0.717) is 11.3 Å².